The summed E-state index contributed by atoms with van der Waals surface area (Å²) in [5.41, 5.74) is 4.84. The van der Waals surface area contributed by atoms with Crippen molar-refractivity contribution >= 4 is 58.5 Å². The third-order valence-corrected chi connectivity index (χ3v) is 5.48. The second-order valence-corrected chi connectivity index (χ2v) is 8.26. The van der Waals surface area contributed by atoms with Crippen LogP contribution in [0.2, 0.25) is 15.1 Å². The maximum absolute atomic E-state index is 13.1. The summed E-state index contributed by atoms with van der Waals surface area (Å²) in [7, 11) is 0. The molecular formula is C24H16Cl3N3O2. The second kappa shape index (κ2) is 9.57. The summed E-state index contributed by atoms with van der Waals surface area (Å²) in [6, 6.07) is 21.0. The number of halogens is 3. The average molecular weight is 485 g/mol. The van der Waals surface area contributed by atoms with Gasteiger partial charge in [0, 0.05) is 20.6 Å². The first kappa shape index (κ1) is 22.1. The van der Waals surface area contributed by atoms with Crippen LogP contribution in [0.4, 0.5) is 0 Å². The number of amidine groups is 1. The van der Waals surface area contributed by atoms with E-state index < -0.39 is 5.91 Å². The van der Waals surface area contributed by atoms with E-state index in [2.05, 4.69) is 10.4 Å². The third-order valence-electron chi connectivity index (χ3n) is 4.66. The van der Waals surface area contributed by atoms with Crippen molar-refractivity contribution in [3.8, 4) is 0 Å². The second-order valence-electron chi connectivity index (χ2n) is 6.98. The minimum absolute atomic E-state index is 0.0745. The molecule has 1 heterocycles. The van der Waals surface area contributed by atoms with Crippen LogP contribution in [0.1, 0.15) is 16.7 Å². The van der Waals surface area contributed by atoms with E-state index in [-0.39, 0.29) is 18.0 Å². The van der Waals surface area contributed by atoms with Gasteiger partial charge in [-0.3, -0.25) is 15.0 Å². The van der Waals surface area contributed by atoms with Gasteiger partial charge in [-0.1, -0.05) is 83.3 Å². The zero-order valence-electron chi connectivity index (χ0n) is 16.6. The number of nitrogens with one attached hydrogen (secondary N) is 1. The Labute approximate surface area is 199 Å². The van der Waals surface area contributed by atoms with Gasteiger partial charge in [-0.25, -0.2) is 4.99 Å². The third kappa shape index (κ3) is 5.02. The number of nitrogens with zero attached hydrogens (tertiary/aromatic N) is 2. The highest BCUT2D eigenvalue weighted by molar-refractivity contribution is 6.35. The van der Waals surface area contributed by atoms with E-state index in [0.29, 0.717) is 32.0 Å². The Bertz CT molecular complexity index is 1240. The fraction of sp³-hybridized carbons (Fsp3) is 0.0417. The first-order valence-corrected chi connectivity index (χ1v) is 10.7. The van der Waals surface area contributed by atoms with Crippen molar-refractivity contribution in [2.45, 2.75) is 6.42 Å². The lowest BCUT2D eigenvalue weighted by atomic mass is 10.1. The molecule has 0 fully saturated rings. The van der Waals surface area contributed by atoms with Crippen LogP contribution >= 0.6 is 34.8 Å². The number of carbonyl (C=O) groups excluding carboxylic acids is 2. The largest absolute Gasteiger partial charge is 0.297 e. The Morgan fingerprint density at radius 3 is 2.31 bits per heavy atom. The summed E-state index contributed by atoms with van der Waals surface area (Å²) < 4.78 is 0. The molecule has 4 rings (SSSR count). The normalized spacial score (nSPS) is 14.6. The molecule has 0 saturated heterocycles. The summed E-state index contributed by atoms with van der Waals surface area (Å²) in [5.74, 6) is -0.522. The molecule has 0 aliphatic carbocycles. The molecule has 0 aromatic heterocycles. The highest BCUT2D eigenvalue weighted by atomic mass is 35.5. The van der Waals surface area contributed by atoms with Crippen molar-refractivity contribution in [3.63, 3.8) is 0 Å². The number of carbonyl (C=O) groups is 2. The Kier molecular flexibility index (Phi) is 6.61. The minimum Gasteiger partial charge on any atom is -0.273 e. The lowest BCUT2D eigenvalue weighted by molar-refractivity contribution is -0.133. The molecule has 1 aliphatic rings. The maximum Gasteiger partial charge on any atom is 0.297 e. The first-order valence-electron chi connectivity index (χ1n) is 9.60. The molecule has 1 aliphatic heterocycles. The van der Waals surface area contributed by atoms with Crippen molar-refractivity contribution in [1.82, 2.24) is 10.4 Å². The fourth-order valence-electron chi connectivity index (χ4n) is 3.12. The number of benzene rings is 3. The van der Waals surface area contributed by atoms with Gasteiger partial charge >= 0.3 is 0 Å². The molecule has 2 amide bonds. The van der Waals surface area contributed by atoms with Crippen LogP contribution in [-0.4, -0.2) is 22.7 Å². The summed E-state index contributed by atoms with van der Waals surface area (Å²) in [6.07, 6.45) is 1.64. The Balaban J connectivity index is 1.63. The SMILES string of the molecule is O=C(Cc1ccc(Cl)cc1)NN1C(=O)/C(=C/c2ccc(Cl)cc2Cl)N=C1c1ccccc1. The molecule has 3 aromatic carbocycles. The van der Waals surface area contributed by atoms with Gasteiger partial charge in [-0.15, -0.1) is 0 Å². The topological polar surface area (TPSA) is 61.8 Å². The first-order chi connectivity index (χ1) is 15.4. The monoisotopic (exact) mass is 483 g/mol. The zero-order chi connectivity index (χ0) is 22.7. The van der Waals surface area contributed by atoms with Crippen molar-refractivity contribution in [3.05, 3.63) is 110 Å². The molecule has 8 heteroatoms. The predicted octanol–water partition coefficient (Wildman–Crippen LogP) is 5.55. The van der Waals surface area contributed by atoms with E-state index in [1.807, 2.05) is 30.3 Å². The van der Waals surface area contributed by atoms with Crippen LogP contribution < -0.4 is 5.43 Å². The molecule has 3 aromatic rings. The van der Waals surface area contributed by atoms with Crippen LogP contribution in [0.15, 0.2) is 83.5 Å². The smallest absolute Gasteiger partial charge is 0.273 e. The molecule has 5 nitrogen and oxygen atoms in total. The van der Waals surface area contributed by atoms with E-state index in [1.54, 1.807) is 48.5 Å². The van der Waals surface area contributed by atoms with Crippen LogP contribution in [0.5, 0.6) is 0 Å². The van der Waals surface area contributed by atoms with Gasteiger partial charge in [0.15, 0.2) is 5.84 Å². The zero-order valence-corrected chi connectivity index (χ0v) is 18.8. The molecule has 32 heavy (non-hydrogen) atoms. The van der Waals surface area contributed by atoms with Gasteiger partial charge < -0.3 is 0 Å². The molecule has 0 spiro atoms. The quantitative estimate of drug-likeness (QED) is 0.483. The Morgan fingerprint density at radius 1 is 0.938 bits per heavy atom. The number of hydrazine groups is 1. The molecule has 0 bridgehead atoms. The minimum atomic E-state index is -0.473. The van der Waals surface area contributed by atoms with Crippen molar-refractivity contribution in [1.29, 1.82) is 0 Å². The average Bonchev–Trinajstić information content (AvgIpc) is 3.07. The maximum atomic E-state index is 13.1. The number of rotatable bonds is 5. The van der Waals surface area contributed by atoms with Gasteiger partial charge in [0.1, 0.15) is 5.70 Å². The van der Waals surface area contributed by atoms with Gasteiger partial charge in [0.2, 0.25) is 5.91 Å². The molecule has 0 unspecified atom stereocenters. The Hall–Kier alpha value is -3.12. The summed E-state index contributed by atoms with van der Waals surface area (Å²) in [6.45, 7) is 0. The number of hydrogen-bond acceptors (Lipinski definition) is 3. The highest BCUT2D eigenvalue weighted by Gasteiger charge is 2.32. The summed E-state index contributed by atoms with van der Waals surface area (Å²) in [5, 5.41) is 2.61. The van der Waals surface area contributed by atoms with Crippen LogP contribution in [0.3, 0.4) is 0 Å². The standard InChI is InChI=1S/C24H16Cl3N3O2/c25-18-9-6-15(7-10-18)12-22(31)29-30-23(16-4-2-1-3-5-16)28-21(24(30)32)13-17-8-11-19(26)14-20(17)27/h1-11,13-14H,12H2,(H,29,31)/b21-13-. The number of aliphatic imine (C=N–C) groups is 1. The van der Waals surface area contributed by atoms with Gasteiger partial charge in [-0.2, -0.15) is 5.01 Å². The fourth-order valence-corrected chi connectivity index (χ4v) is 3.71. The molecule has 0 atom stereocenters. The summed E-state index contributed by atoms with van der Waals surface area (Å²) in [4.78, 5) is 30.3. The lowest BCUT2D eigenvalue weighted by Gasteiger charge is -2.19. The highest BCUT2D eigenvalue weighted by Crippen LogP contribution is 2.26. The number of amides is 2. The van der Waals surface area contributed by atoms with Crippen molar-refractivity contribution in [2.24, 2.45) is 4.99 Å². The number of hydrogen-bond donors (Lipinski definition) is 1. The van der Waals surface area contributed by atoms with E-state index in [9.17, 15) is 9.59 Å². The van der Waals surface area contributed by atoms with Gasteiger partial charge in [-0.05, 0) is 41.5 Å². The van der Waals surface area contributed by atoms with Gasteiger partial charge in [0.25, 0.3) is 5.91 Å². The molecular weight excluding hydrogens is 469 g/mol. The predicted molar refractivity (Wildman–Crippen MR) is 128 cm³/mol. The van der Waals surface area contributed by atoms with E-state index >= 15 is 0 Å². The van der Waals surface area contributed by atoms with Crippen LogP contribution in [-0.2, 0) is 16.0 Å². The summed E-state index contributed by atoms with van der Waals surface area (Å²) >= 11 is 18.1. The van der Waals surface area contributed by atoms with Crippen LogP contribution in [0.25, 0.3) is 6.08 Å². The van der Waals surface area contributed by atoms with Crippen molar-refractivity contribution < 1.29 is 9.59 Å². The molecule has 0 radical (unpaired) electrons. The van der Waals surface area contributed by atoms with Crippen molar-refractivity contribution in [2.75, 3.05) is 0 Å². The molecule has 1 N–H and O–H groups in total. The lowest BCUT2D eigenvalue weighted by Crippen LogP contribution is -2.48. The van der Waals surface area contributed by atoms with E-state index in [0.717, 1.165) is 10.6 Å². The Morgan fingerprint density at radius 2 is 1.62 bits per heavy atom. The van der Waals surface area contributed by atoms with Gasteiger partial charge in [0.05, 0.1) is 6.42 Å². The van der Waals surface area contributed by atoms with E-state index in [1.165, 1.54) is 0 Å². The van der Waals surface area contributed by atoms with E-state index in [4.69, 9.17) is 34.8 Å². The molecule has 0 saturated carbocycles. The molecule has 160 valence electrons. The van der Waals surface area contributed by atoms with Crippen LogP contribution in [0, 0.1) is 0 Å².